The van der Waals surface area contributed by atoms with Gasteiger partial charge in [-0.3, -0.25) is 9.69 Å². The van der Waals surface area contributed by atoms with Crippen molar-refractivity contribution in [2.45, 2.75) is 58.1 Å². The number of carbonyl (C=O) groups excluding carboxylic acids is 2. The van der Waals surface area contributed by atoms with Gasteiger partial charge >= 0.3 is 6.09 Å². The van der Waals surface area contributed by atoms with Gasteiger partial charge in [-0.25, -0.2) is 4.79 Å². The van der Waals surface area contributed by atoms with Crippen molar-refractivity contribution in [2.75, 3.05) is 12.0 Å². The molecule has 0 aliphatic heterocycles. The average Bonchev–Trinajstić information content (AvgIpc) is 3.03. The van der Waals surface area contributed by atoms with E-state index in [0.717, 1.165) is 26.7 Å². The van der Waals surface area contributed by atoms with E-state index in [1.54, 1.807) is 7.11 Å². The first-order chi connectivity index (χ1) is 21.5. The Morgan fingerprint density at radius 1 is 0.844 bits per heavy atom. The zero-order valence-corrected chi connectivity index (χ0v) is 28.1. The van der Waals surface area contributed by atoms with Gasteiger partial charge in [0.15, 0.2) is 0 Å². The Morgan fingerprint density at radius 3 is 2.02 bits per heavy atom. The third-order valence-electron chi connectivity index (χ3n) is 7.36. The van der Waals surface area contributed by atoms with Gasteiger partial charge in [0.2, 0.25) is 5.91 Å². The molecule has 234 valence electrons. The molecule has 7 heteroatoms. The number of amides is 2. The Morgan fingerprint density at radius 2 is 1.44 bits per heavy atom. The molecule has 0 unspecified atom stereocenters. The number of carbonyl (C=O) groups is 2. The minimum absolute atomic E-state index is 0.0559. The van der Waals surface area contributed by atoms with E-state index in [1.807, 2.05) is 119 Å². The van der Waals surface area contributed by atoms with E-state index in [2.05, 4.69) is 45.5 Å². The van der Waals surface area contributed by atoms with Crippen LogP contribution in [0.4, 0.5) is 10.5 Å². The molecule has 0 aliphatic rings. The molecule has 2 atom stereocenters. The van der Waals surface area contributed by atoms with Gasteiger partial charge in [-0.05, 0) is 86.4 Å². The molecule has 4 rings (SSSR count). The first-order valence-electron chi connectivity index (χ1n) is 15.0. The number of halogens is 1. The number of hydrogen-bond donors (Lipinski definition) is 1. The van der Waals surface area contributed by atoms with Crippen LogP contribution < -0.4 is 15.0 Å². The topological polar surface area (TPSA) is 67.9 Å². The maximum Gasteiger partial charge on any atom is 0.418 e. The highest BCUT2D eigenvalue weighted by Gasteiger charge is 2.30. The molecule has 0 aliphatic carbocycles. The van der Waals surface area contributed by atoms with E-state index in [9.17, 15) is 9.59 Å². The lowest BCUT2D eigenvalue weighted by Crippen LogP contribution is -2.34. The zero-order valence-electron chi connectivity index (χ0n) is 26.5. The summed E-state index contributed by atoms with van der Waals surface area (Å²) in [6, 6.07) is 35.4. The van der Waals surface area contributed by atoms with Crippen LogP contribution in [0.2, 0.25) is 0 Å². The summed E-state index contributed by atoms with van der Waals surface area (Å²) in [4.78, 5) is 28.7. The zero-order chi connectivity index (χ0) is 32.4. The van der Waals surface area contributed by atoms with Crippen molar-refractivity contribution in [3.05, 3.63) is 142 Å². The van der Waals surface area contributed by atoms with Gasteiger partial charge in [0.05, 0.1) is 12.8 Å². The molecule has 4 aromatic carbocycles. The molecule has 0 spiro atoms. The van der Waals surface area contributed by atoms with Gasteiger partial charge < -0.3 is 14.8 Å². The molecule has 6 nitrogen and oxygen atoms in total. The van der Waals surface area contributed by atoms with Crippen molar-refractivity contribution in [2.24, 2.45) is 0 Å². The molecule has 1 N–H and O–H groups in total. The predicted molar refractivity (Wildman–Crippen MR) is 184 cm³/mol. The number of benzene rings is 4. The highest BCUT2D eigenvalue weighted by atomic mass is 79.9. The maximum absolute atomic E-state index is 13.6. The van der Waals surface area contributed by atoms with Crippen LogP contribution in [0, 0.1) is 0 Å². The third-order valence-corrected chi connectivity index (χ3v) is 7.89. The number of hydrogen-bond acceptors (Lipinski definition) is 4. The molecule has 0 radical (unpaired) electrons. The molecule has 0 fully saturated rings. The molecule has 0 bridgehead atoms. The molecule has 2 amide bonds. The number of methoxy groups -OCH3 is 1. The van der Waals surface area contributed by atoms with E-state index in [-0.39, 0.29) is 24.2 Å². The minimum atomic E-state index is -0.695. The molecule has 0 heterocycles. The first-order valence-corrected chi connectivity index (χ1v) is 15.8. The van der Waals surface area contributed by atoms with Gasteiger partial charge in [-0.15, -0.1) is 0 Å². The minimum Gasteiger partial charge on any atom is -0.497 e. The van der Waals surface area contributed by atoms with Crippen LogP contribution in [0.5, 0.6) is 5.75 Å². The number of ether oxygens (including phenoxy) is 2. The van der Waals surface area contributed by atoms with Crippen LogP contribution in [0.1, 0.15) is 62.6 Å². The second-order valence-corrected chi connectivity index (χ2v) is 12.9. The van der Waals surface area contributed by atoms with Crippen LogP contribution >= 0.6 is 15.9 Å². The molecule has 4 aromatic rings. The number of anilines is 1. The first kappa shape index (κ1) is 33.5. The Labute approximate surface area is 275 Å². The van der Waals surface area contributed by atoms with Crippen LogP contribution in [-0.4, -0.2) is 24.7 Å². The summed E-state index contributed by atoms with van der Waals surface area (Å²) in [6.07, 6.45) is 1.58. The fourth-order valence-corrected chi connectivity index (χ4v) is 5.51. The van der Waals surface area contributed by atoms with Crippen molar-refractivity contribution >= 4 is 33.6 Å². The molecular weight excluding hydrogens is 628 g/mol. The average molecular weight is 670 g/mol. The second-order valence-electron chi connectivity index (χ2n) is 11.9. The molecule has 0 saturated carbocycles. The fourth-order valence-electron chi connectivity index (χ4n) is 5.25. The van der Waals surface area contributed by atoms with Crippen molar-refractivity contribution in [1.82, 2.24) is 5.32 Å². The summed E-state index contributed by atoms with van der Waals surface area (Å²) in [7, 11) is 1.60. The SMILES string of the molecule is COc1ccc(N(/C=C(/C)[C@H](c2ccccc2)[C@@H](CC(=O)NCc2ccccc2)c2ccc(Br)cc2)C(=O)OC(C)(C)C)cc1. The summed E-state index contributed by atoms with van der Waals surface area (Å²) in [5.74, 6) is 0.157. The van der Waals surface area contributed by atoms with Gasteiger partial charge in [-0.1, -0.05) is 88.7 Å². The van der Waals surface area contributed by atoms with Gasteiger partial charge in [-0.2, -0.15) is 0 Å². The molecular formula is C38H41BrN2O4. The highest BCUT2D eigenvalue weighted by Crippen LogP contribution is 2.41. The van der Waals surface area contributed by atoms with Gasteiger partial charge in [0, 0.05) is 35.5 Å². The van der Waals surface area contributed by atoms with E-state index >= 15 is 0 Å². The number of nitrogens with zero attached hydrogens (tertiary/aromatic N) is 1. The Kier molecular flexibility index (Phi) is 11.6. The highest BCUT2D eigenvalue weighted by molar-refractivity contribution is 9.10. The number of rotatable bonds is 11. The lowest BCUT2D eigenvalue weighted by molar-refractivity contribution is -0.121. The Balaban J connectivity index is 1.78. The quantitative estimate of drug-likeness (QED) is 0.173. The Bertz CT molecular complexity index is 1560. The van der Waals surface area contributed by atoms with Gasteiger partial charge in [0.25, 0.3) is 0 Å². The fraction of sp³-hybridized carbons (Fsp3) is 0.263. The standard InChI is InChI=1S/C38H41BrN2O4/c1-27(26-41(37(43)45-38(2,3)4)32-20-22-33(44-5)23-21-32)36(30-14-10-7-11-15-30)34(29-16-18-31(39)19-17-29)24-35(42)40-25-28-12-8-6-9-13-28/h6-23,26,34,36H,24-25H2,1-5H3,(H,40,42)/b27-26-/t34-,36+/m0/s1. The van der Waals surface area contributed by atoms with Gasteiger partial charge in [0.1, 0.15) is 11.4 Å². The predicted octanol–water partition coefficient (Wildman–Crippen LogP) is 9.38. The van der Waals surface area contributed by atoms with Crippen molar-refractivity contribution in [3.63, 3.8) is 0 Å². The lowest BCUT2D eigenvalue weighted by Gasteiger charge is -2.31. The van der Waals surface area contributed by atoms with Crippen molar-refractivity contribution in [1.29, 1.82) is 0 Å². The van der Waals surface area contributed by atoms with E-state index in [1.165, 1.54) is 4.90 Å². The van der Waals surface area contributed by atoms with E-state index in [0.29, 0.717) is 18.0 Å². The molecule has 45 heavy (non-hydrogen) atoms. The van der Waals surface area contributed by atoms with Crippen LogP contribution in [0.3, 0.4) is 0 Å². The smallest absolute Gasteiger partial charge is 0.418 e. The summed E-state index contributed by atoms with van der Waals surface area (Å²) in [5.41, 5.74) is 3.92. The maximum atomic E-state index is 13.6. The number of nitrogens with one attached hydrogen (secondary N) is 1. The normalized spacial score (nSPS) is 13.0. The summed E-state index contributed by atoms with van der Waals surface area (Å²) >= 11 is 3.56. The summed E-state index contributed by atoms with van der Waals surface area (Å²) in [5, 5.41) is 3.11. The van der Waals surface area contributed by atoms with Crippen LogP contribution in [-0.2, 0) is 16.1 Å². The van der Waals surface area contributed by atoms with Crippen LogP contribution in [0.15, 0.2) is 125 Å². The Hall–Kier alpha value is -4.36. The van der Waals surface area contributed by atoms with Crippen LogP contribution in [0.25, 0.3) is 0 Å². The molecule has 0 aromatic heterocycles. The van der Waals surface area contributed by atoms with Crippen molar-refractivity contribution in [3.8, 4) is 5.75 Å². The van der Waals surface area contributed by atoms with E-state index in [4.69, 9.17) is 9.47 Å². The lowest BCUT2D eigenvalue weighted by atomic mass is 9.75. The second kappa shape index (κ2) is 15.6. The molecule has 0 saturated heterocycles. The summed E-state index contributed by atoms with van der Waals surface area (Å²) < 4.78 is 12.1. The third kappa shape index (κ3) is 9.82. The monoisotopic (exact) mass is 668 g/mol. The number of allylic oxidation sites excluding steroid dienone is 1. The van der Waals surface area contributed by atoms with E-state index < -0.39 is 11.7 Å². The summed E-state index contributed by atoms with van der Waals surface area (Å²) in [6.45, 7) is 7.99. The largest absolute Gasteiger partial charge is 0.497 e. The van der Waals surface area contributed by atoms with Crippen molar-refractivity contribution < 1.29 is 19.1 Å².